The molecule has 3 rings (SSSR count). The Balaban J connectivity index is 1.63. The minimum atomic E-state index is -0.397. The molecule has 154 valence electrons. The van der Waals surface area contributed by atoms with Crippen LogP contribution in [0.1, 0.15) is 41.3 Å². The third-order valence-electron chi connectivity index (χ3n) is 5.20. The summed E-state index contributed by atoms with van der Waals surface area (Å²) < 4.78 is 18.1. The molecule has 0 aromatic heterocycles. The number of rotatable bonds is 6. The summed E-state index contributed by atoms with van der Waals surface area (Å²) in [4.78, 5) is 27.1. The van der Waals surface area contributed by atoms with E-state index in [1.807, 2.05) is 13.0 Å². The number of hydrogen-bond donors (Lipinski definition) is 1. The number of hydrogen-bond acceptors (Lipinski definition) is 4. The van der Waals surface area contributed by atoms with E-state index in [4.69, 9.17) is 4.74 Å². The van der Waals surface area contributed by atoms with E-state index in [-0.39, 0.29) is 17.6 Å². The molecule has 0 aliphatic carbocycles. The Hall–Kier alpha value is -2.73. The standard InChI is InChI=1S/C23H27FN2O3/c1-3-29-23(28)18-9-6-16(2)21(13-18)25-22(27)19-5-4-12-26(15-19)14-17-7-10-20(24)11-8-17/h6-11,13,19H,3-5,12,14-15H2,1-2H3,(H,25,27)/t19-/m0/s1. The van der Waals surface area contributed by atoms with Crippen molar-refractivity contribution in [3.63, 3.8) is 0 Å². The second-order valence-electron chi connectivity index (χ2n) is 7.44. The summed E-state index contributed by atoms with van der Waals surface area (Å²) in [7, 11) is 0. The minimum Gasteiger partial charge on any atom is -0.462 e. The summed E-state index contributed by atoms with van der Waals surface area (Å²) >= 11 is 0. The van der Waals surface area contributed by atoms with E-state index in [0.29, 0.717) is 30.9 Å². The summed E-state index contributed by atoms with van der Waals surface area (Å²) in [5.74, 6) is -0.816. The molecular formula is C23H27FN2O3. The third-order valence-corrected chi connectivity index (χ3v) is 5.20. The average Bonchev–Trinajstić information content (AvgIpc) is 2.71. The maximum Gasteiger partial charge on any atom is 0.338 e. The van der Waals surface area contributed by atoms with Crippen molar-refractivity contribution >= 4 is 17.6 Å². The number of halogens is 1. The van der Waals surface area contributed by atoms with Crippen molar-refractivity contribution in [3.8, 4) is 0 Å². The van der Waals surface area contributed by atoms with Gasteiger partial charge in [-0.15, -0.1) is 0 Å². The Morgan fingerprint density at radius 2 is 1.97 bits per heavy atom. The number of carbonyl (C=O) groups excluding carboxylic acids is 2. The largest absolute Gasteiger partial charge is 0.462 e. The zero-order valence-electron chi connectivity index (χ0n) is 16.9. The molecular weight excluding hydrogens is 371 g/mol. The maximum atomic E-state index is 13.1. The first kappa shape index (κ1) is 21.0. The molecule has 0 saturated carbocycles. The molecule has 2 aromatic rings. The Kier molecular flexibility index (Phi) is 6.99. The molecule has 0 bridgehead atoms. The normalized spacial score (nSPS) is 17.0. The van der Waals surface area contributed by atoms with Crippen LogP contribution in [0.3, 0.4) is 0 Å². The van der Waals surface area contributed by atoms with Gasteiger partial charge in [0, 0.05) is 18.8 Å². The predicted molar refractivity (Wildman–Crippen MR) is 110 cm³/mol. The number of aryl methyl sites for hydroxylation is 1. The number of amides is 1. The minimum absolute atomic E-state index is 0.0436. The van der Waals surface area contributed by atoms with Gasteiger partial charge in [-0.05, 0) is 68.6 Å². The van der Waals surface area contributed by atoms with Crippen LogP contribution < -0.4 is 5.32 Å². The summed E-state index contributed by atoms with van der Waals surface area (Å²) in [5, 5.41) is 2.99. The van der Waals surface area contributed by atoms with Gasteiger partial charge in [-0.25, -0.2) is 9.18 Å². The zero-order valence-corrected chi connectivity index (χ0v) is 16.9. The smallest absolute Gasteiger partial charge is 0.338 e. The fourth-order valence-electron chi connectivity index (χ4n) is 3.59. The Labute approximate surface area is 170 Å². The molecule has 0 spiro atoms. The number of benzene rings is 2. The average molecular weight is 398 g/mol. The van der Waals surface area contributed by atoms with Crippen molar-refractivity contribution in [1.29, 1.82) is 0 Å². The molecule has 1 saturated heterocycles. The van der Waals surface area contributed by atoms with Crippen LogP contribution in [-0.2, 0) is 16.1 Å². The number of carbonyl (C=O) groups is 2. The third kappa shape index (κ3) is 5.64. The quantitative estimate of drug-likeness (QED) is 0.743. The van der Waals surface area contributed by atoms with Crippen molar-refractivity contribution < 1.29 is 18.7 Å². The molecule has 1 atom stereocenters. The molecule has 1 heterocycles. The fraction of sp³-hybridized carbons (Fsp3) is 0.391. The van der Waals surface area contributed by atoms with Gasteiger partial charge in [0.15, 0.2) is 0 Å². The lowest BCUT2D eigenvalue weighted by molar-refractivity contribution is -0.121. The van der Waals surface area contributed by atoms with Crippen LogP contribution >= 0.6 is 0 Å². The SMILES string of the molecule is CCOC(=O)c1ccc(C)c(NC(=O)[C@H]2CCCN(Cc3ccc(F)cc3)C2)c1. The number of nitrogens with zero attached hydrogens (tertiary/aromatic N) is 1. The Morgan fingerprint density at radius 1 is 1.21 bits per heavy atom. The van der Waals surface area contributed by atoms with Crippen LogP contribution in [0.25, 0.3) is 0 Å². The lowest BCUT2D eigenvalue weighted by atomic mass is 9.96. The van der Waals surface area contributed by atoms with Gasteiger partial charge >= 0.3 is 5.97 Å². The zero-order chi connectivity index (χ0) is 20.8. The number of anilines is 1. The number of piperidine rings is 1. The molecule has 1 N–H and O–H groups in total. The first-order chi connectivity index (χ1) is 14.0. The Bertz CT molecular complexity index is 867. The van der Waals surface area contributed by atoms with Crippen molar-refractivity contribution in [1.82, 2.24) is 4.90 Å². The van der Waals surface area contributed by atoms with Crippen molar-refractivity contribution in [2.45, 2.75) is 33.2 Å². The van der Waals surface area contributed by atoms with E-state index in [2.05, 4.69) is 10.2 Å². The van der Waals surface area contributed by atoms with Gasteiger partial charge < -0.3 is 10.1 Å². The van der Waals surface area contributed by atoms with Crippen molar-refractivity contribution in [2.24, 2.45) is 5.92 Å². The molecule has 1 fully saturated rings. The first-order valence-electron chi connectivity index (χ1n) is 10.0. The summed E-state index contributed by atoms with van der Waals surface area (Å²) in [5.41, 5.74) is 2.99. The van der Waals surface area contributed by atoms with Gasteiger partial charge in [-0.1, -0.05) is 18.2 Å². The molecule has 6 heteroatoms. The summed E-state index contributed by atoms with van der Waals surface area (Å²) in [6.07, 6.45) is 1.75. The molecule has 2 aromatic carbocycles. The highest BCUT2D eigenvalue weighted by atomic mass is 19.1. The van der Waals surface area contributed by atoms with Gasteiger partial charge in [-0.3, -0.25) is 9.69 Å². The Morgan fingerprint density at radius 3 is 2.69 bits per heavy atom. The predicted octanol–water partition coefficient (Wildman–Crippen LogP) is 4.16. The highest BCUT2D eigenvalue weighted by Gasteiger charge is 2.26. The maximum absolute atomic E-state index is 13.1. The lowest BCUT2D eigenvalue weighted by Crippen LogP contribution is -2.40. The van der Waals surface area contributed by atoms with E-state index in [0.717, 1.165) is 30.5 Å². The second-order valence-corrected chi connectivity index (χ2v) is 7.44. The molecule has 29 heavy (non-hydrogen) atoms. The highest BCUT2D eigenvalue weighted by molar-refractivity contribution is 5.96. The summed E-state index contributed by atoms with van der Waals surface area (Å²) in [6, 6.07) is 11.7. The molecule has 1 amide bonds. The highest BCUT2D eigenvalue weighted by Crippen LogP contribution is 2.23. The molecule has 5 nitrogen and oxygen atoms in total. The molecule has 1 aliphatic heterocycles. The van der Waals surface area contributed by atoms with E-state index in [9.17, 15) is 14.0 Å². The van der Waals surface area contributed by atoms with Crippen LogP contribution in [0.15, 0.2) is 42.5 Å². The van der Waals surface area contributed by atoms with Gasteiger partial charge in [0.2, 0.25) is 5.91 Å². The van der Waals surface area contributed by atoms with Gasteiger partial charge in [0.05, 0.1) is 18.1 Å². The van der Waals surface area contributed by atoms with Gasteiger partial charge in [0.25, 0.3) is 0 Å². The monoisotopic (exact) mass is 398 g/mol. The van der Waals surface area contributed by atoms with Crippen LogP contribution in [0.5, 0.6) is 0 Å². The van der Waals surface area contributed by atoms with Crippen LogP contribution in [0, 0.1) is 18.7 Å². The van der Waals surface area contributed by atoms with E-state index >= 15 is 0 Å². The molecule has 0 radical (unpaired) electrons. The van der Waals surface area contributed by atoms with Gasteiger partial charge in [0.1, 0.15) is 5.82 Å². The number of likely N-dealkylation sites (tertiary alicyclic amines) is 1. The molecule has 1 aliphatic rings. The van der Waals surface area contributed by atoms with Crippen LogP contribution in [-0.4, -0.2) is 36.5 Å². The first-order valence-corrected chi connectivity index (χ1v) is 10.0. The lowest BCUT2D eigenvalue weighted by Gasteiger charge is -2.32. The number of esters is 1. The van der Waals surface area contributed by atoms with E-state index < -0.39 is 5.97 Å². The van der Waals surface area contributed by atoms with Gasteiger partial charge in [-0.2, -0.15) is 0 Å². The van der Waals surface area contributed by atoms with Crippen molar-refractivity contribution in [2.75, 3.05) is 25.0 Å². The summed E-state index contributed by atoms with van der Waals surface area (Å²) in [6.45, 7) is 6.22. The van der Waals surface area contributed by atoms with E-state index in [1.165, 1.54) is 12.1 Å². The number of ether oxygens (including phenoxy) is 1. The van der Waals surface area contributed by atoms with Crippen LogP contribution in [0.4, 0.5) is 10.1 Å². The molecule has 0 unspecified atom stereocenters. The fourth-order valence-corrected chi connectivity index (χ4v) is 3.59. The number of nitrogens with one attached hydrogen (secondary N) is 1. The second kappa shape index (κ2) is 9.65. The van der Waals surface area contributed by atoms with Crippen molar-refractivity contribution in [3.05, 3.63) is 65.0 Å². The van der Waals surface area contributed by atoms with Crippen LogP contribution in [0.2, 0.25) is 0 Å². The van der Waals surface area contributed by atoms with E-state index in [1.54, 1.807) is 31.2 Å². The topological polar surface area (TPSA) is 58.6 Å².